The number of ether oxygens (including phenoxy) is 1. The number of aryl methyl sites for hydroxylation is 1. The fraction of sp³-hybridized carbons (Fsp3) is 0.478. The zero-order chi connectivity index (χ0) is 23.3. The van der Waals surface area contributed by atoms with Crippen molar-refractivity contribution in [1.29, 1.82) is 0 Å². The molecule has 1 atom stereocenters. The van der Waals surface area contributed by atoms with Gasteiger partial charge in [0.1, 0.15) is 10.6 Å². The number of carbonyl (C=O) groups excluding carboxylic acids is 2. The summed E-state index contributed by atoms with van der Waals surface area (Å²) in [6.45, 7) is 4.67. The van der Waals surface area contributed by atoms with Gasteiger partial charge in [0.2, 0.25) is 10.0 Å². The SMILES string of the molecule is CC(C)CC(NC(=O)COC(=O)c1cc(S(=O)(=O)N2CCCC2)cn1C)c1ccccc1. The summed E-state index contributed by atoms with van der Waals surface area (Å²) in [6, 6.07) is 10.8. The lowest BCUT2D eigenvalue weighted by Crippen LogP contribution is -2.33. The van der Waals surface area contributed by atoms with Gasteiger partial charge < -0.3 is 14.6 Å². The van der Waals surface area contributed by atoms with Crippen molar-refractivity contribution in [1.82, 2.24) is 14.2 Å². The lowest BCUT2D eigenvalue weighted by atomic mass is 9.97. The van der Waals surface area contributed by atoms with Gasteiger partial charge in [0.05, 0.1) is 6.04 Å². The second-order valence-corrected chi connectivity index (χ2v) is 10.5. The third-order valence-electron chi connectivity index (χ3n) is 5.47. The number of benzene rings is 1. The smallest absolute Gasteiger partial charge is 0.355 e. The molecule has 32 heavy (non-hydrogen) atoms. The van der Waals surface area contributed by atoms with E-state index >= 15 is 0 Å². The molecule has 1 aliphatic heterocycles. The fourth-order valence-corrected chi connectivity index (χ4v) is 5.42. The Morgan fingerprint density at radius 3 is 2.41 bits per heavy atom. The highest BCUT2D eigenvalue weighted by atomic mass is 32.2. The zero-order valence-corrected chi connectivity index (χ0v) is 19.6. The van der Waals surface area contributed by atoms with Crippen molar-refractivity contribution >= 4 is 21.9 Å². The first-order valence-electron chi connectivity index (χ1n) is 10.9. The van der Waals surface area contributed by atoms with Gasteiger partial charge in [-0.1, -0.05) is 44.2 Å². The summed E-state index contributed by atoms with van der Waals surface area (Å²) >= 11 is 0. The number of aromatic nitrogens is 1. The van der Waals surface area contributed by atoms with Crippen LogP contribution in [0.4, 0.5) is 0 Å². The summed E-state index contributed by atoms with van der Waals surface area (Å²) in [5.74, 6) is -0.792. The Hall–Kier alpha value is -2.65. The maximum Gasteiger partial charge on any atom is 0.355 e. The van der Waals surface area contributed by atoms with Crippen LogP contribution in [0.15, 0.2) is 47.5 Å². The lowest BCUT2D eigenvalue weighted by molar-refractivity contribution is -0.125. The van der Waals surface area contributed by atoms with E-state index in [1.165, 1.54) is 21.1 Å². The van der Waals surface area contributed by atoms with Crippen molar-refractivity contribution in [2.45, 2.75) is 44.0 Å². The first-order valence-corrected chi connectivity index (χ1v) is 12.3. The summed E-state index contributed by atoms with van der Waals surface area (Å²) < 4.78 is 33.5. The molecule has 1 aromatic heterocycles. The molecule has 9 heteroatoms. The number of hydrogen-bond donors (Lipinski definition) is 1. The van der Waals surface area contributed by atoms with Crippen LogP contribution in [-0.4, -0.2) is 48.9 Å². The van der Waals surface area contributed by atoms with Crippen molar-refractivity contribution in [2.24, 2.45) is 13.0 Å². The van der Waals surface area contributed by atoms with E-state index in [4.69, 9.17) is 4.74 Å². The van der Waals surface area contributed by atoms with E-state index in [9.17, 15) is 18.0 Å². The van der Waals surface area contributed by atoms with Gasteiger partial charge in [0.15, 0.2) is 6.61 Å². The van der Waals surface area contributed by atoms with Crippen LogP contribution in [0.5, 0.6) is 0 Å². The number of rotatable bonds is 9. The standard InChI is InChI=1S/C23H31N3O5S/c1-17(2)13-20(18-9-5-4-6-10-18)24-22(27)16-31-23(28)21-14-19(15-25(21)3)32(29,30)26-11-7-8-12-26/h4-6,9-10,14-15,17,20H,7-8,11-13,16H2,1-3H3,(H,24,27). The molecule has 1 fully saturated rings. The van der Waals surface area contributed by atoms with E-state index in [-0.39, 0.29) is 16.6 Å². The molecule has 0 aliphatic carbocycles. The van der Waals surface area contributed by atoms with Crippen LogP contribution in [-0.2, 0) is 26.6 Å². The molecule has 174 valence electrons. The Morgan fingerprint density at radius 1 is 1.12 bits per heavy atom. The first kappa shape index (κ1) is 24.0. The number of amides is 1. The van der Waals surface area contributed by atoms with E-state index in [0.717, 1.165) is 24.8 Å². The van der Waals surface area contributed by atoms with Gasteiger partial charge in [-0.25, -0.2) is 13.2 Å². The van der Waals surface area contributed by atoms with Crippen LogP contribution in [0.25, 0.3) is 0 Å². The molecule has 0 radical (unpaired) electrons. The largest absolute Gasteiger partial charge is 0.451 e. The van der Waals surface area contributed by atoms with Crippen molar-refractivity contribution in [2.75, 3.05) is 19.7 Å². The lowest BCUT2D eigenvalue weighted by Gasteiger charge is -2.21. The van der Waals surface area contributed by atoms with E-state index in [0.29, 0.717) is 19.0 Å². The summed E-state index contributed by atoms with van der Waals surface area (Å²) in [4.78, 5) is 25.1. The fourth-order valence-electron chi connectivity index (χ4n) is 3.83. The van der Waals surface area contributed by atoms with Crippen LogP contribution in [0.1, 0.15) is 55.2 Å². The van der Waals surface area contributed by atoms with Crippen molar-refractivity contribution in [3.8, 4) is 0 Å². The topological polar surface area (TPSA) is 97.7 Å². The van der Waals surface area contributed by atoms with Crippen molar-refractivity contribution < 1.29 is 22.7 Å². The molecule has 2 aromatic rings. The molecular formula is C23H31N3O5S. The van der Waals surface area contributed by atoms with E-state index in [1.807, 2.05) is 30.3 Å². The predicted molar refractivity (Wildman–Crippen MR) is 120 cm³/mol. The summed E-state index contributed by atoms with van der Waals surface area (Å²) in [6.07, 6.45) is 3.81. The molecule has 1 aliphatic rings. The molecule has 0 bridgehead atoms. The number of nitrogens with zero attached hydrogens (tertiary/aromatic N) is 2. The number of hydrogen-bond acceptors (Lipinski definition) is 5. The highest BCUT2D eigenvalue weighted by Gasteiger charge is 2.30. The van der Waals surface area contributed by atoms with E-state index in [1.54, 1.807) is 7.05 Å². The highest BCUT2D eigenvalue weighted by molar-refractivity contribution is 7.89. The van der Waals surface area contributed by atoms with Crippen LogP contribution < -0.4 is 5.32 Å². The van der Waals surface area contributed by atoms with Gasteiger partial charge in [0, 0.05) is 26.3 Å². The number of esters is 1. The number of sulfonamides is 1. The van der Waals surface area contributed by atoms with Gasteiger partial charge in [0.25, 0.3) is 5.91 Å². The predicted octanol–water partition coefficient (Wildman–Crippen LogP) is 2.87. The summed E-state index contributed by atoms with van der Waals surface area (Å²) in [5.41, 5.74) is 1.07. The maximum absolute atomic E-state index is 12.7. The summed E-state index contributed by atoms with van der Waals surface area (Å²) in [5, 5.41) is 2.93. The Kier molecular flexibility index (Phi) is 7.73. The Labute approximate surface area is 189 Å². The molecule has 3 rings (SSSR count). The van der Waals surface area contributed by atoms with E-state index < -0.39 is 28.5 Å². The molecule has 2 heterocycles. The monoisotopic (exact) mass is 461 g/mol. The molecule has 1 saturated heterocycles. The quantitative estimate of drug-likeness (QED) is 0.579. The number of carbonyl (C=O) groups is 2. The number of nitrogens with one attached hydrogen (secondary N) is 1. The van der Waals surface area contributed by atoms with E-state index in [2.05, 4.69) is 19.2 Å². The molecule has 0 saturated carbocycles. The summed E-state index contributed by atoms with van der Waals surface area (Å²) in [7, 11) is -2.06. The Bertz CT molecular complexity index is 1040. The molecule has 1 amide bonds. The minimum Gasteiger partial charge on any atom is -0.451 e. The average molecular weight is 462 g/mol. The molecule has 1 N–H and O–H groups in total. The molecule has 1 unspecified atom stereocenters. The van der Waals surface area contributed by atoms with Crippen LogP contribution in [0.2, 0.25) is 0 Å². The Balaban J connectivity index is 1.62. The Morgan fingerprint density at radius 2 is 1.78 bits per heavy atom. The van der Waals surface area contributed by atoms with Gasteiger partial charge in [-0.15, -0.1) is 0 Å². The maximum atomic E-state index is 12.7. The van der Waals surface area contributed by atoms with Crippen LogP contribution in [0, 0.1) is 5.92 Å². The minimum atomic E-state index is -3.64. The average Bonchev–Trinajstić information content (AvgIpc) is 3.42. The third kappa shape index (κ3) is 5.77. The molecular weight excluding hydrogens is 430 g/mol. The molecule has 0 spiro atoms. The zero-order valence-electron chi connectivity index (χ0n) is 18.8. The third-order valence-corrected chi connectivity index (χ3v) is 7.33. The molecule has 8 nitrogen and oxygen atoms in total. The van der Waals surface area contributed by atoms with Gasteiger partial charge in [-0.3, -0.25) is 4.79 Å². The first-order chi connectivity index (χ1) is 15.2. The highest BCUT2D eigenvalue weighted by Crippen LogP contribution is 2.23. The second-order valence-electron chi connectivity index (χ2n) is 8.52. The van der Waals surface area contributed by atoms with Crippen molar-refractivity contribution in [3.63, 3.8) is 0 Å². The van der Waals surface area contributed by atoms with Gasteiger partial charge >= 0.3 is 5.97 Å². The van der Waals surface area contributed by atoms with Gasteiger partial charge in [-0.05, 0) is 36.8 Å². The molecule has 1 aromatic carbocycles. The second kappa shape index (κ2) is 10.3. The minimum absolute atomic E-state index is 0.0550. The van der Waals surface area contributed by atoms with Crippen molar-refractivity contribution in [3.05, 3.63) is 53.9 Å². The van der Waals surface area contributed by atoms with Gasteiger partial charge in [-0.2, -0.15) is 4.31 Å². The normalized spacial score (nSPS) is 15.6. The van der Waals surface area contributed by atoms with Crippen LogP contribution >= 0.6 is 0 Å². The van der Waals surface area contributed by atoms with Crippen LogP contribution in [0.3, 0.4) is 0 Å².